The third-order valence-electron chi connectivity index (χ3n) is 2.46. The van der Waals surface area contributed by atoms with Gasteiger partial charge in [0.15, 0.2) is 0 Å². The third-order valence-corrected chi connectivity index (χ3v) is 2.46. The van der Waals surface area contributed by atoms with Crippen molar-refractivity contribution in [3.05, 3.63) is 24.5 Å². The number of nitrogens with zero attached hydrogens (tertiary/aromatic N) is 3. The normalized spacial score (nSPS) is 18.3. The van der Waals surface area contributed by atoms with Crippen LogP contribution in [0.1, 0.15) is 5.56 Å². The first-order chi connectivity index (χ1) is 6.88. The maximum Gasteiger partial charge on any atom is 0.0539 e. The van der Waals surface area contributed by atoms with Gasteiger partial charge in [-0.3, -0.25) is 4.90 Å². The molecule has 0 atom stereocenters. The van der Waals surface area contributed by atoms with E-state index in [1.165, 1.54) is 5.56 Å². The van der Waals surface area contributed by atoms with E-state index >= 15 is 0 Å². The number of piperazine rings is 1. The fraction of sp³-hybridized carbons (Fsp3) is 0.500. The zero-order valence-electron chi connectivity index (χ0n) is 8.32. The molecule has 0 radical (unpaired) electrons. The van der Waals surface area contributed by atoms with Gasteiger partial charge in [-0.25, -0.2) is 4.68 Å². The second kappa shape index (κ2) is 4.39. The average molecular weight is 192 g/mol. The first-order valence-electron chi connectivity index (χ1n) is 4.97. The quantitative estimate of drug-likeness (QED) is 0.752. The molecule has 14 heavy (non-hydrogen) atoms. The van der Waals surface area contributed by atoms with Crippen molar-refractivity contribution in [2.75, 3.05) is 26.2 Å². The molecule has 2 heterocycles. The van der Waals surface area contributed by atoms with Crippen molar-refractivity contribution in [3.63, 3.8) is 0 Å². The highest BCUT2D eigenvalue weighted by Crippen LogP contribution is 2.04. The minimum absolute atomic E-state index is 0.996. The summed E-state index contributed by atoms with van der Waals surface area (Å²) < 4.78 is 1.75. The van der Waals surface area contributed by atoms with Crippen molar-refractivity contribution < 1.29 is 0 Å². The molecular weight excluding hydrogens is 176 g/mol. The molecule has 2 rings (SSSR count). The van der Waals surface area contributed by atoms with E-state index in [1.54, 1.807) is 10.9 Å². The van der Waals surface area contributed by atoms with E-state index in [0.29, 0.717) is 0 Å². The first kappa shape index (κ1) is 9.43. The Morgan fingerprint density at radius 2 is 2.29 bits per heavy atom. The Morgan fingerprint density at radius 3 is 2.93 bits per heavy atom. The summed E-state index contributed by atoms with van der Waals surface area (Å²) in [7, 11) is 0. The lowest BCUT2D eigenvalue weighted by molar-refractivity contribution is 0.233. The molecule has 1 aliphatic heterocycles. The standard InChI is InChI=1S/C10H16N4/c1-2-14-9-10(7-12-14)8-13-5-3-11-4-6-13/h2,7,9,11H,1,3-6,8H2. The molecule has 76 valence electrons. The summed E-state index contributed by atoms with van der Waals surface area (Å²) in [5.41, 5.74) is 1.26. The van der Waals surface area contributed by atoms with Crippen LogP contribution in [0.25, 0.3) is 6.20 Å². The molecule has 4 heteroatoms. The lowest BCUT2D eigenvalue weighted by Gasteiger charge is -2.26. The lowest BCUT2D eigenvalue weighted by Crippen LogP contribution is -2.42. The summed E-state index contributed by atoms with van der Waals surface area (Å²) in [6, 6.07) is 0. The Hall–Kier alpha value is -1.13. The van der Waals surface area contributed by atoms with Crippen LogP contribution in [0.5, 0.6) is 0 Å². The van der Waals surface area contributed by atoms with E-state index in [2.05, 4.69) is 21.9 Å². The van der Waals surface area contributed by atoms with Crippen molar-refractivity contribution >= 4 is 6.20 Å². The minimum atomic E-state index is 0.996. The van der Waals surface area contributed by atoms with Crippen molar-refractivity contribution in [1.82, 2.24) is 20.0 Å². The van der Waals surface area contributed by atoms with Gasteiger partial charge in [0.1, 0.15) is 0 Å². The van der Waals surface area contributed by atoms with E-state index in [-0.39, 0.29) is 0 Å². The van der Waals surface area contributed by atoms with Crippen molar-refractivity contribution in [3.8, 4) is 0 Å². The van der Waals surface area contributed by atoms with Crippen LogP contribution in [0, 0.1) is 0 Å². The van der Waals surface area contributed by atoms with Gasteiger partial charge in [0.05, 0.1) is 6.20 Å². The Bertz CT molecular complexity index is 299. The summed E-state index contributed by atoms with van der Waals surface area (Å²) >= 11 is 0. The highest BCUT2D eigenvalue weighted by molar-refractivity contribution is 5.17. The molecule has 1 aromatic heterocycles. The van der Waals surface area contributed by atoms with Crippen molar-refractivity contribution in [1.29, 1.82) is 0 Å². The highest BCUT2D eigenvalue weighted by atomic mass is 15.3. The largest absolute Gasteiger partial charge is 0.314 e. The summed E-state index contributed by atoms with van der Waals surface area (Å²) in [4.78, 5) is 2.43. The van der Waals surface area contributed by atoms with Gasteiger partial charge in [0.25, 0.3) is 0 Å². The van der Waals surface area contributed by atoms with Gasteiger partial charge in [0.2, 0.25) is 0 Å². The molecule has 0 aliphatic carbocycles. The van der Waals surface area contributed by atoms with E-state index in [4.69, 9.17) is 0 Å². The molecule has 0 amide bonds. The van der Waals surface area contributed by atoms with Crippen molar-refractivity contribution in [2.45, 2.75) is 6.54 Å². The van der Waals surface area contributed by atoms with Crippen LogP contribution in [0.15, 0.2) is 19.0 Å². The fourth-order valence-electron chi connectivity index (χ4n) is 1.69. The molecule has 1 aromatic rings. The SMILES string of the molecule is C=Cn1cc(CN2CCNCC2)cn1. The Morgan fingerprint density at radius 1 is 1.50 bits per heavy atom. The molecule has 0 spiro atoms. The zero-order valence-corrected chi connectivity index (χ0v) is 8.32. The molecule has 0 aromatic carbocycles. The van der Waals surface area contributed by atoms with Crippen LogP contribution in [0.4, 0.5) is 0 Å². The monoisotopic (exact) mass is 192 g/mol. The molecule has 4 nitrogen and oxygen atoms in total. The number of aromatic nitrogens is 2. The summed E-state index contributed by atoms with van der Waals surface area (Å²) in [6.07, 6.45) is 5.64. The summed E-state index contributed by atoms with van der Waals surface area (Å²) in [6.45, 7) is 9.10. The van der Waals surface area contributed by atoms with Gasteiger partial charge >= 0.3 is 0 Å². The van der Waals surface area contributed by atoms with Crippen LogP contribution in [0.3, 0.4) is 0 Å². The second-order valence-corrected chi connectivity index (χ2v) is 3.54. The average Bonchev–Trinajstić information content (AvgIpc) is 2.67. The molecule has 1 aliphatic rings. The second-order valence-electron chi connectivity index (χ2n) is 3.54. The smallest absolute Gasteiger partial charge is 0.0539 e. The first-order valence-corrected chi connectivity index (χ1v) is 4.97. The Kier molecular flexibility index (Phi) is 2.96. The van der Waals surface area contributed by atoms with E-state index in [9.17, 15) is 0 Å². The van der Waals surface area contributed by atoms with Crippen LogP contribution in [0.2, 0.25) is 0 Å². The lowest BCUT2D eigenvalue weighted by atomic mass is 10.3. The minimum Gasteiger partial charge on any atom is -0.314 e. The number of nitrogens with one attached hydrogen (secondary N) is 1. The molecular formula is C10H16N4. The number of hydrogen-bond acceptors (Lipinski definition) is 3. The van der Waals surface area contributed by atoms with Crippen LogP contribution < -0.4 is 5.32 Å². The summed E-state index contributed by atoms with van der Waals surface area (Å²) in [5, 5.41) is 7.49. The number of hydrogen-bond donors (Lipinski definition) is 1. The van der Waals surface area contributed by atoms with Gasteiger partial charge in [-0.15, -0.1) is 0 Å². The van der Waals surface area contributed by atoms with Crippen LogP contribution in [-0.4, -0.2) is 40.9 Å². The highest BCUT2D eigenvalue weighted by Gasteiger charge is 2.10. The van der Waals surface area contributed by atoms with Gasteiger partial charge in [0, 0.05) is 50.7 Å². The molecule has 1 fully saturated rings. The zero-order chi connectivity index (χ0) is 9.80. The molecule has 1 N–H and O–H groups in total. The fourth-order valence-corrected chi connectivity index (χ4v) is 1.69. The summed E-state index contributed by atoms with van der Waals surface area (Å²) in [5.74, 6) is 0. The van der Waals surface area contributed by atoms with Gasteiger partial charge < -0.3 is 5.32 Å². The van der Waals surface area contributed by atoms with Crippen LogP contribution in [-0.2, 0) is 6.54 Å². The molecule has 0 saturated carbocycles. The van der Waals surface area contributed by atoms with Gasteiger partial charge in [-0.05, 0) is 0 Å². The van der Waals surface area contributed by atoms with Crippen molar-refractivity contribution in [2.24, 2.45) is 0 Å². The molecule has 1 saturated heterocycles. The maximum atomic E-state index is 4.16. The van der Waals surface area contributed by atoms with Crippen LogP contribution >= 0.6 is 0 Å². The van der Waals surface area contributed by atoms with Gasteiger partial charge in [-0.2, -0.15) is 5.10 Å². The van der Waals surface area contributed by atoms with E-state index in [1.807, 2.05) is 12.4 Å². The Balaban J connectivity index is 1.92. The molecule has 0 bridgehead atoms. The Labute approximate surface area is 84.2 Å². The number of rotatable bonds is 3. The predicted octanol–water partition coefficient (Wildman–Crippen LogP) is 0.389. The van der Waals surface area contributed by atoms with Gasteiger partial charge in [-0.1, -0.05) is 6.58 Å². The topological polar surface area (TPSA) is 33.1 Å². The maximum absolute atomic E-state index is 4.16. The molecule has 0 unspecified atom stereocenters. The van der Waals surface area contributed by atoms with E-state index < -0.39 is 0 Å². The third kappa shape index (κ3) is 2.21. The predicted molar refractivity (Wildman–Crippen MR) is 56.8 cm³/mol. The van der Waals surface area contributed by atoms with E-state index in [0.717, 1.165) is 32.7 Å².